The molecule has 1 atom stereocenters. The van der Waals surface area contributed by atoms with Crippen LogP contribution in [0.15, 0.2) is 0 Å². The minimum Gasteiger partial charge on any atom is -0.481 e. The normalized spacial score (nSPS) is 14.4. The third-order valence-corrected chi connectivity index (χ3v) is 4.48. The topological polar surface area (TPSA) is 77.9 Å². The van der Waals surface area contributed by atoms with Crippen LogP contribution >= 0.6 is 0 Å². The Bertz CT molecular complexity index is 324. The molecule has 0 fully saturated rings. The van der Waals surface area contributed by atoms with Crippen molar-refractivity contribution in [2.24, 2.45) is 5.92 Å². The van der Waals surface area contributed by atoms with Gasteiger partial charge < -0.3 is 5.11 Å². The molecule has 0 bridgehead atoms. The summed E-state index contributed by atoms with van der Waals surface area (Å²) < 4.78 is 26.2. The van der Waals surface area contributed by atoms with Crippen molar-refractivity contribution in [2.45, 2.75) is 20.8 Å². The molecule has 16 heavy (non-hydrogen) atoms. The zero-order valence-electron chi connectivity index (χ0n) is 10.2. The van der Waals surface area contributed by atoms with E-state index in [0.29, 0.717) is 13.1 Å². The van der Waals surface area contributed by atoms with Crippen LogP contribution in [0.4, 0.5) is 0 Å². The maximum atomic E-state index is 11.9. The Hall–Kier alpha value is -0.660. The van der Waals surface area contributed by atoms with E-state index in [9.17, 15) is 13.2 Å². The number of hydrogen-bond donors (Lipinski definition) is 1. The van der Waals surface area contributed by atoms with E-state index in [2.05, 4.69) is 0 Å². The first-order chi connectivity index (χ1) is 7.27. The van der Waals surface area contributed by atoms with E-state index < -0.39 is 22.1 Å². The molecule has 0 heterocycles. The highest BCUT2D eigenvalue weighted by Crippen LogP contribution is 2.08. The summed E-state index contributed by atoms with van der Waals surface area (Å²) in [4.78, 5) is 10.6. The smallest absolute Gasteiger partial charge is 0.307 e. The average molecular weight is 252 g/mol. The molecule has 0 radical (unpaired) electrons. The first-order valence-corrected chi connectivity index (χ1v) is 6.61. The van der Waals surface area contributed by atoms with Gasteiger partial charge in [-0.05, 0) is 0 Å². The van der Waals surface area contributed by atoms with Crippen LogP contribution < -0.4 is 0 Å². The average Bonchev–Trinajstić information content (AvgIpc) is 2.18. The highest BCUT2D eigenvalue weighted by atomic mass is 32.2. The first kappa shape index (κ1) is 15.3. The number of carbonyl (C=O) groups is 1. The van der Waals surface area contributed by atoms with Crippen LogP contribution in [0.3, 0.4) is 0 Å². The third kappa shape index (κ3) is 3.73. The molecule has 1 N–H and O–H groups in total. The van der Waals surface area contributed by atoms with Gasteiger partial charge >= 0.3 is 5.97 Å². The zero-order valence-corrected chi connectivity index (χ0v) is 11.0. The molecule has 0 aliphatic carbocycles. The van der Waals surface area contributed by atoms with Crippen molar-refractivity contribution in [1.82, 2.24) is 8.61 Å². The van der Waals surface area contributed by atoms with Crippen molar-refractivity contribution in [3.05, 3.63) is 0 Å². The lowest BCUT2D eigenvalue weighted by atomic mass is 10.2. The first-order valence-electron chi connectivity index (χ1n) is 5.21. The molecule has 0 saturated heterocycles. The van der Waals surface area contributed by atoms with Crippen LogP contribution in [0, 0.1) is 5.92 Å². The fourth-order valence-corrected chi connectivity index (χ4v) is 2.76. The molecule has 0 rings (SSSR count). The number of carboxylic acid groups (broad SMARTS) is 1. The van der Waals surface area contributed by atoms with Gasteiger partial charge in [0.15, 0.2) is 0 Å². The van der Waals surface area contributed by atoms with Crippen molar-refractivity contribution in [3.8, 4) is 0 Å². The Balaban J connectivity index is 4.70. The molecule has 0 spiro atoms. The van der Waals surface area contributed by atoms with Crippen molar-refractivity contribution in [1.29, 1.82) is 0 Å². The second-order valence-electron chi connectivity index (χ2n) is 3.61. The fraction of sp³-hybridized carbons (Fsp3) is 0.889. The molecular formula is C9H20N2O4S. The van der Waals surface area contributed by atoms with E-state index >= 15 is 0 Å². The largest absolute Gasteiger partial charge is 0.481 e. The quantitative estimate of drug-likeness (QED) is 0.703. The number of aliphatic carboxylic acids is 1. The third-order valence-electron chi connectivity index (χ3n) is 2.38. The standard InChI is InChI=1S/C9H20N2O4S/c1-5-11(6-2)16(14,15)10(4)7-8(3)9(12)13/h8H,5-7H2,1-4H3,(H,12,13). The predicted molar refractivity (Wildman–Crippen MR) is 61.3 cm³/mol. The van der Waals surface area contributed by atoms with Crippen molar-refractivity contribution < 1.29 is 18.3 Å². The molecule has 0 saturated carbocycles. The van der Waals surface area contributed by atoms with Gasteiger partial charge in [0.2, 0.25) is 0 Å². The maximum absolute atomic E-state index is 11.9. The van der Waals surface area contributed by atoms with Gasteiger partial charge in [-0.15, -0.1) is 0 Å². The molecule has 0 amide bonds. The summed E-state index contributed by atoms with van der Waals surface area (Å²) in [5.41, 5.74) is 0. The van der Waals surface area contributed by atoms with Gasteiger partial charge in [0.25, 0.3) is 10.2 Å². The highest BCUT2D eigenvalue weighted by Gasteiger charge is 2.27. The lowest BCUT2D eigenvalue weighted by molar-refractivity contribution is -0.141. The second kappa shape index (κ2) is 6.17. The van der Waals surface area contributed by atoms with E-state index in [1.807, 2.05) is 0 Å². The Labute approximate surface area is 97.0 Å². The van der Waals surface area contributed by atoms with E-state index in [4.69, 9.17) is 5.11 Å². The Morgan fingerprint density at radius 1 is 1.31 bits per heavy atom. The minimum atomic E-state index is -3.53. The summed E-state index contributed by atoms with van der Waals surface area (Å²) in [5.74, 6) is -1.71. The van der Waals surface area contributed by atoms with E-state index in [-0.39, 0.29) is 6.54 Å². The molecule has 1 unspecified atom stereocenters. The van der Waals surface area contributed by atoms with Gasteiger partial charge in [0.05, 0.1) is 5.92 Å². The molecule has 7 heteroatoms. The lowest BCUT2D eigenvalue weighted by Gasteiger charge is -2.26. The summed E-state index contributed by atoms with van der Waals surface area (Å²) in [7, 11) is -2.13. The van der Waals surface area contributed by atoms with E-state index in [1.54, 1.807) is 13.8 Å². The van der Waals surface area contributed by atoms with Crippen LogP contribution in [0.25, 0.3) is 0 Å². The van der Waals surface area contributed by atoms with E-state index in [1.165, 1.54) is 18.3 Å². The SMILES string of the molecule is CCN(CC)S(=O)(=O)N(C)CC(C)C(=O)O. The minimum absolute atomic E-state index is 0.0197. The Kier molecular flexibility index (Phi) is 5.91. The van der Waals surface area contributed by atoms with Gasteiger partial charge in [0, 0.05) is 26.7 Å². The fourth-order valence-electron chi connectivity index (χ4n) is 1.30. The maximum Gasteiger partial charge on any atom is 0.307 e. The summed E-state index contributed by atoms with van der Waals surface area (Å²) in [6.07, 6.45) is 0. The molecule has 0 aromatic carbocycles. The van der Waals surface area contributed by atoms with Crippen molar-refractivity contribution >= 4 is 16.2 Å². The van der Waals surface area contributed by atoms with Gasteiger partial charge in [-0.2, -0.15) is 17.0 Å². The van der Waals surface area contributed by atoms with E-state index in [0.717, 1.165) is 4.31 Å². The highest BCUT2D eigenvalue weighted by molar-refractivity contribution is 7.86. The number of nitrogens with zero attached hydrogens (tertiary/aromatic N) is 2. The molecule has 96 valence electrons. The van der Waals surface area contributed by atoms with Gasteiger partial charge in [-0.25, -0.2) is 0 Å². The Morgan fingerprint density at radius 3 is 2.06 bits per heavy atom. The Morgan fingerprint density at radius 2 is 1.75 bits per heavy atom. The molecule has 0 aromatic heterocycles. The van der Waals surface area contributed by atoms with Crippen LogP contribution in [-0.4, -0.2) is 54.8 Å². The second-order valence-corrected chi connectivity index (χ2v) is 5.65. The summed E-state index contributed by atoms with van der Waals surface area (Å²) in [6.45, 7) is 5.71. The summed E-state index contributed by atoms with van der Waals surface area (Å²) in [5, 5.41) is 8.71. The van der Waals surface area contributed by atoms with Crippen LogP contribution in [-0.2, 0) is 15.0 Å². The summed E-state index contributed by atoms with van der Waals surface area (Å²) in [6, 6.07) is 0. The van der Waals surface area contributed by atoms with Crippen molar-refractivity contribution in [3.63, 3.8) is 0 Å². The van der Waals surface area contributed by atoms with Gasteiger partial charge in [-0.3, -0.25) is 4.79 Å². The molecule has 0 aliphatic heterocycles. The lowest BCUT2D eigenvalue weighted by Crippen LogP contribution is -2.44. The van der Waals surface area contributed by atoms with Crippen LogP contribution in [0.2, 0.25) is 0 Å². The molecule has 6 nitrogen and oxygen atoms in total. The molecular weight excluding hydrogens is 232 g/mol. The zero-order chi connectivity index (χ0) is 12.9. The number of carboxylic acids is 1. The monoisotopic (exact) mass is 252 g/mol. The number of hydrogen-bond acceptors (Lipinski definition) is 3. The molecule has 0 aromatic rings. The molecule has 0 aliphatic rings. The van der Waals surface area contributed by atoms with Crippen LogP contribution in [0.1, 0.15) is 20.8 Å². The summed E-state index contributed by atoms with van der Waals surface area (Å²) >= 11 is 0. The number of rotatable bonds is 7. The van der Waals surface area contributed by atoms with Crippen molar-refractivity contribution in [2.75, 3.05) is 26.7 Å². The van der Waals surface area contributed by atoms with Gasteiger partial charge in [-0.1, -0.05) is 20.8 Å². The predicted octanol–water partition coefficient (Wildman–Crippen LogP) is 0.226. The van der Waals surface area contributed by atoms with Gasteiger partial charge in [0.1, 0.15) is 0 Å². The van der Waals surface area contributed by atoms with Crippen LogP contribution in [0.5, 0.6) is 0 Å².